The molecule has 1 aromatic heterocycles. The van der Waals surface area contributed by atoms with Crippen molar-refractivity contribution in [1.82, 2.24) is 14.8 Å². The molecule has 4 nitrogen and oxygen atoms in total. The van der Waals surface area contributed by atoms with E-state index in [1.807, 2.05) is 20.2 Å². The van der Waals surface area contributed by atoms with E-state index in [9.17, 15) is 4.79 Å². The van der Waals surface area contributed by atoms with Crippen molar-refractivity contribution in [3.05, 3.63) is 35.0 Å². The Bertz CT molecular complexity index is 868. The molecule has 3 fully saturated rings. The number of nitrogens with zero attached hydrogens (tertiary/aromatic N) is 2. The molecule has 0 spiro atoms. The van der Waals surface area contributed by atoms with Crippen LogP contribution in [0.2, 0.25) is 0 Å². The SMILES string of the molecule is CCC1CC2CC3c4[nH]c5ccc(C(=O)N(C)C)cc5c4CCN(C2)C13. The molecule has 4 heterocycles. The zero-order chi connectivity index (χ0) is 18.0. The van der Waals surface area contributed by atoms with Gasteiger partial charge in [0.2, 0.25) is 0 Å². The number of piperidine rings is 2. The fourth-order valence-corrected chi connectivity index (χ4v) is 6.08. The number of carbonyl (C=O) groups is 1. The van der Waals surface area contributed by atoms with E-state index in [4.69, 9.17) is 0 Å². The van der Waals surface area contributed by atoms with Crippen molar-refractivity contribution in [3.8, 4) is 0 Å². The first-order valence-electron chi connectivity index (χ1n) is 10.2. The third kappa shape index (κ3) is 2.27. The van der Waals surface area contributed by atoms with Gasteiger partial charge in [-0.25, -0.2) is 0 Å². The van der Waals surface area contributed by atoms with E-state index < -0.39 is 0 Å². The summed E-state index contributed by atoms with van der Waals surface area (Å²) in [6.45, 7) is 4.83. The van der Waals surface area contributed by atoms with Crippen molar-refractivity contribution < 1.29 is 4.79 Å². The second kappa shape index (κ2) is 5.85. The smallest absolute Gasteiger partial charge is 0.253 e. The standard InChI is InChI=1S/C22H29N3O/c1-4-14-9-13-10-18-20-16(7-8-25(12-13)21(14)18)17-11-15(22(26)24(2)3)5-6-19(17)23-20/h5-6,11,13-14,18,21,23H,4,7-10,12H2,1-3H3. The zero-order valence-corrected chi connectivity index (χ0v) is 16.1. The highest BCUT2D eigenvalue weighted by Gasteiger charge is 2.48. The summed E-state index contributed by atoms with van der Waals surface area (Å²) in [5.74, 6) is 2.43. The number of H-pyrrole nitrogens is 1. The number of benzene rings is 1. The van der Waals surface area contributed by atoms with Crippen molar-refractivity contribution >= 4 is 16.8 Å². The Labute approximate surface area is 155 Å². The van der Waals surface area contributed by atoms with Crippen LogP contribution in [0.15, 0.2) is 18.2 Å². The Morgan fingerprint density at radius 1 is 1.31 bits per heavy atom. The van der Waals surface area contributed by atoms with E-state index in [0.29, 0.717) is 12.0 Å². The van der Waals surface area contributed by atoms with Gasteiger partial charge in [-0.2, -0.15) is 0 Å². The highest BCUT2D eigenvalue weighted by Crippen LogP contribution is 2.51. The number of hydrogen-bond donors (Lipinski definition) is 1. The minimum Gasteiger partial charge on any atom is -0.358 e. The Morgan fingerprint density at radius 3 is 2.92 bits per heavy atom. The van der Waals surface area contributed by atoms with Crippen molar-refractivity contribution in [2.75, 3.05) is 27.2 Å². The molecule has 5 unspecified atom stereocenters. The first kappa shape index (κ1) is 16.4. The molecule has 1 aromatic carbocycles. The Hall–Kier alpha value is -1.81. The predicted molar refractivity (Wildman–Crippen MR) is 105 cm³/mol. The number of fused-ring (bicyclic) bond motifs is 4. The van der Waals surface area contributed by atoms with Gasteiger partial charge in [0.1, 0.15) is 0 Å². The molecule has 4 aliphatic rings. The van der Waals surface area contributed by atoms with Crippen LogP contribution in [0.25, 0.3) is 10.9 Å². The molecule has 4 heteroatoms. The molecule has 3 aliphatic heterocycles. The summed E-state index contributed by atoms with van der Waals surface area (Å²) in [5, 5.41) is 1.27. The van der Waals surface area contributed by atoms with Crippen LogP contribution in [0.1, 0.15) is 53.7 Å². The molecular formula is C22H29N3O. The van der Waals surface area contributed by atoms with Gasteiger partial charge < -0.3 is 9.88 Å². The van der Waals surface area contributed by atoms with Gasteiger partial charge in [0, 0.05) is 61.3 Å². The van der Waals surface area contributed by atoms with Crippen molar-refractivity contribution in [3.63, 3.8) is 0 Å². The van der Waals surface area contributed by atoms with Crippen molar-refractivity contribution in [2.24, 2.45) is 11.8 Å². The lowest BCUT2D eigenvalue weighted by Crippen LogP contribution is -2.56. The quantitative estimate of drug-likeness (QED) is 0.897. The second-order valence-corrected chi connectivity index (χ2v) is 8.82. The van der Waals surface area contributed by atoms with Crippen LogP contribution >= 0.6 is 0 Å². The second-order valence-electron chi connectivity index (χ2n) is 8.82. The molecule has 4 bridgehead atoms. The summed E-state index contributed by atoms with van der Waals surface area (Å²) >= 11 is 0. The molecule has 1 N–H and O–H groups in total. The fraction of sp³-hybridized carbons (Fsp3) is 0.591. The van der Waals surface area contributed by atoms with Crippen molar-refractivity contribution in [2.45, 2.75) is 44.6 Å². The van der Waals surface area contributed by atoms with Gasteiger partial charge in [-0.3, -0.25) is 9.69 Å². The molecule has 6 rings (SSSR count). The summed E-state index contributed by atoms with van der Waals surface area (Å²) < 4.78 is 0. The third-order valence-corrected chi connectivity index (χ3v) is 7.17. The molecule has 0 radical (unpaired) electrons. The topological polar surface area (TPSA) is 39.3 Å². The number of hydrogen-bond acceptors (Lipinski definition) is 2. The average molecular weight is 351 g/mol. The minimum atomic E-state index is 0.0862. The van der Waals surface area contributed by atoms with Crippen LogP contribution in [0.3, 0.4) is 0 Å². The van der Waals surface area contributed by atoms with Crippen LogP contribution in [-0.2, 0) is 6.42 Å². The number of amides is 1. The Kier molecular flexibility index (Phi) is 3.68. The molecule has 1 amide bonds. The van der Waals surface area contributed by atoms with E-state index in [2.05, 4.69) is 28.9 Å². The molecular weight excluding hydrogens is 322 g/mol. The average Bonchev–Trinajstić information content (AvgIpc) is 2.97. The summed E-state index contributed by atoms with van der Waals surface area (Å²) in [4.78, 5) is 20.7. The lowest BCUT2D eigenvalue weighted by Gasteiger charge is -2.53. The lowest BCUT2D eigenvalue weighted by atomic mass is 9.65. The number of rotatable bonds is 2. The van der Waals surface area contributed by atoms with Crippen LogP contribution in [-0.4, -0.2) is 53.9 Å². The monoisotopic (exact) mass is 351 g/mol. The van der Waals surface area contributed by atoms with Gasteiger partial charge in [-0.1, -0.05) is 13.3 Å². The predicted octanol–water partition coefficient (Wildman–Crippen LogP) is 3.63. The molecule has 5 atom stereocenters. The molecule has 2 aromatic rings. The minimum absolute atomic E-state index is 0.0862. The van der Waals surface area contributed by atoms with Gasteiger partial charge in [-0.15, -0.1) is 0 Å². The molecule has 1 aliphatic carbocycles. The van der Waals surface area contributed by atoms with E-state index in [-0.39, 0.29) is 5.91 Å². The normalized spacial score (nSPS) is 32.3. The molecule has 138 valence electrons. The summed E-state index contributed by atoms with van der Waals surface area (Å²) in [6.07, 6.45) is 5.16. The summed E-state index contributed by atoms with van der Waals surface area (Å²) in [7, 11) is 3.64. The first-order valence-corrected chi connectivity index (χ1v) is 10.2. The number of carbonyl (C=O) groups excluding carboxylic acids is 1. The maximum atomic E-state index is 12.4. The van der Waals surface area contributed by atoms with Crippen LogP contribution in [0, 0.1) is 11.8 Å². The van der Waals surface area contributed by atoms with E-state index in [1.54, 1.807) is 4.90 Å². The maximum absolute atomic E-state index is 12.4. The maximum Gasteiger partial charge on any atom is 0.253 e. The van der Waals surface area contributed by atoms with Gasteiger partial charge in [0.25, 0.3) is 5.91 Å². The van der Waals surface area contributed by atoms with Crippen LogP contribution in [0.5, 0.6) is 0 Å². The van der Waals surface area contributed by atoms with Gasteiger partial charge in [-0.05, 0) is 54.9 Å². The van der Waals surface area contributed by atoms with E-state index in [0.717, 1.165) is 23.8 Å². The van der Waals surface area contributed by atoms with Gasteiger partial charge in [0.05, 0.1) is 0 Å². The summed E-state index contributed by atoms with van der Waals surface area (Å²) in [5.41, 5.74) is 4.95. The van der Waals surface area contributed by atoms with Crippen LogP contribution in [0.4, 0.5) is 0 Å². The molecule has 2 saturated heterocycles. The van der Waals surface area contributed by atoms with Crippen molar-refractivity contribution in [1.29, 1.82) is 0 Å². The van der Waals surface area contributed by atoms with E-state index in [1.165, 1.54) is 54.5 Å². The van der Waals surface area contributed by atoms with Crippen LogP contribution < -0.4 is 0 Å². The van der Waals surface area contributed by atoms with Gasteiger partial charge >= 0.3 is 0 Å². The molecule has 26 heavy (non-hydrogen) atoms. The highest BCUT2D eigenvalue weighted by atomic mass is 16.2. The highest BCUT2D eigenvalue weighted by molar-refractivity contribution is 5.99. The summed E-state index contributed by atoms with van der Waals surface area (Å²) in [6, 6.07) is 6.90. The Morgan fingerprint density at radius 2 is 2.15 bits per heavy atom. The largest absolute Gasteiger partial charge is 0.358 e. The fourth-order valence-electron chi connectivity index (χ4n) is 6.08. The lowest BCUT2D eigenvalue weighted by molar-refractivity contribution is -0.0134. The number of aromatic nitrogens is 1. The van der Waals surface area contributed by atoms with E-state index >= 15 is 0 Å². The zero-order valence-electron chi connectivity index (χ0n) is 16.1. The Balaban J connectivity index is 1.62. The number of aromatic amines is 1. The van der Waals surface area contributed by atoms with Gasteiger partial charge in [0.15, 0.2) is 0 Å². The first-order chi connectivity index (χ1) is 12.6. The number of nitrogens with one attached hydrogen (secondary N) is 1. The molecule has 1 saturated carbocycles. The third-order valence-electron chi connectivity index (χ3n) is 7.17.